The Morgan fingerprint density at radius 1 is 1.19 bits per heavy atom. The van der Waals surface area contributed by atoms with E-state index in [2.05, 4.69) is 38.3 Å². The first-order valence-electron chi connectivity index (χ1n) is 9.55. The van der Waals surface area contributed by atoms with Crippen LogP contribution in [0.15, 0.2) is 23.7 Å². The fourth-order valence-electron chi connectivity index (χ4n) is 3.17. The first kappa shape index (κ1) is 19.7. The van der Waals surface area contributed by atoms with Crippen LogP contribution >= 0.6 is 11.8 Å². The van der Waals surface area contributed by atoms with E-state index >= 15 is 0 Å². The van der Waals surface area contributed by atoms with Crippen LogP contribution in [0.4, 0.5) is 5.82 Å². The number of amides is 1. The largest absolute Gasteiger partial charge is 0.352 e. The van der Waals surface area contributed by atoms with Crippen LogP contribution < -0.4 is 4.90 Å². The predicted octanol–water partition coefficient (Wildman–Crippen LogP) is 2.53. The zero-order valence-electron chi connectivity index (χ0n) is 16.4. The van der Waals surface area contributed by atoms with Gasteiger partial charge in [-0.05, 0) is 20.3 Å². The molecule has 0 radical (unpaired) electrons. The fraction of sp³-hybridized carbons (Fsp3) is 0.579. The highest BCUT2D eigenvalue weighted by atomic mass is 32.2. The monoisotopic (exact) mass is 388 g/mol. The molecule has 2 aromatic heterocycles. The Kier molecular flexibility index (Phi) is 6.71. The summed E-state index contributed by atoms with van der Waals surface area (Å²) in [6, 6.07) is 0. The fourth-order valence-corrected chi connectivity index (χ4v) is 4.19. The van der Waals surface area contributed by atoms with E-state index in [-0.39, 0.29) is 5.91 Å². The Hall–Kier alpha value is -2.09. The summed E-state index contributed by atoms with van der Waals surface area (Å²) in [7, 11) is 0. The van der Waals surface area contributed by atoms with Crippen molar-refractivity contribution in [1.82, 2.24) is 24.4 Å². The Morgan fingerprint density at radius 3 is 2.63 bits per heavy atom. The molecule has 3 heterocycles. The van der Waals surface area contributed by atoms with Crippen molar-refractivity contribution in [2.24, 2.45) is 0 Å². The minimum atomic E-state index is 0.180. The molecule has 1 aliphatic heterocycles. The lowest BCUT2D eigenvalue weighted by atomic mass is 10.3. The molecule has 0 unspecified atom stereocenters. The highest BCUT2D eigenvalue weighted by molar-refractivity contribution is 7.99. The van der Waals surface area contributed by atoms with Crippen molar-refractivity contribution in [1.29, 1.82) is 0 Å². The standard InChI is InChI=1S/C19H28N6OS/c1-4-5-8-25-16(3)15(2)22-19(25)27-14-18(26)24-11-9-23(10-12-24)17-13-20-6-7-21-17/h6-7,13H,4-5,8-12,14H2,1-3H3. The van der Waals surface area contributed by atoms with Gasteiger partial charge in [-0.1, -0.05) is 25.1 Å². The first-order chi connectivity index (χ1) is 13.1. The van der Waals surface area contributed by atoms with Crippen LogP contribution in [0.1, 0.15) is 31.2 Å². The SMILES string of the molecule is CCCCn1c(SCC(=O)N2CCN(c3cnccn3)CC2)nc(C)c1C. The minimum absolute atomic E-state index is 0.180. The van der Waals surface area contributed by atoms with E-state index in [1.807, 2.05) is 11.8 Å². The average Bonchev–Trinajstić information content (AvgIpc) is 2.98. The molecule has 0 N–H and O–H groups in total. The molecule has 1 aliphatic rings. The Labute approximate surface area is 165 Å². The van der Waals surface area contributed by atoms with Crippen molar-refractivity contribution in [2.45, 2.75) is 45.3 Å². The van der Waals surface area contributed by atoms with Gasteiger partial charge in [0.05, 0.1) is 17.6 Å². The molecule has 8 heteroatoms. The topological polar surface area (TPSA) is 67.2 Å². The number of piperazine rings is 1. The number of anilines is 1. The molecule has 0 atom stereocenters. The van der Waals surface area contributed by atoms with Gasteiger partial charge in [-0.15, -0.1) is 0 Å². The molecule has 0 aliphatic carbocycles. The number of nitrogens with zero attached hydrogens (tertiary/aromatic N) is 6. The van der Waals surface area contributed by atoms with Crippen LogP contribution in [0.25, 0.3) is 0 Å². The summed E-state index contributed by atoms with van der Waals surface area (Å²) >= 11 is 1.56. The normalized spacial score (nSPS) is 14.6. The number of aromatic nitrogens is 4. The molecule has 1 amide bonds. The highest BCUT2D eigenvalue weighted by Gasteiger charge is 2.22. The minimum Gasteiger partial charge on any atom is -0.352 e. The van der Waals surface area contributed by atoms with Gasteiger partial charge in [0.25, 0.3) is 0 Å². The molecule has 7 nitrogen and oxygen atoms in total. The van der Waals surface area contributed by atoms with E-state index < -0.39 is 0 Å². The van der Waals surface area contributed by atoms with Crippen molar-refractivity contribution in [2.75, 3.05) is 36.8 Å². The maximum Gasteiger partial charge on any atom is 0.233 e. The average molecular weight is 389 g/mol. The number of hydrogen-bond acceptors (Lipinski definition) is 6. The second-order valence-electron chi connectivity index (χ2n) is 6.79. The molecule has 3 rings (SSSR count). The number of unbranched alkanes of at least 4 members (excludes halogenated alkanes) is 1. The van der Waals surface area contributed by atoms with E-state index in [9.17, 15) is 4.79 Å². The van der Waals surface area contributed by atoms with Gasteiger partial charge >= 0.3 is 0 Å². The molecule has 146 valence electrons. The summed E-state index contributed by atoms with van der Waals surface area (Å²) in [6.45, 7) is 10.3. The number of rotatable bonds is 7. The lowest BCUT2D eigenvalue weighted by Gasteiger charge is -2.35. The number of carbonyl (C=O) groups is 1. The number of aryl methyl sites for hydroxylation is 1. The van der Waals surface area contributed by atoms with Gasteiger partial charge in [0.1, 0.15) is 5.82 Å². The molecule has 1 fully saturated rings. The zero-order chi connectivity index (χ0) is 19.2. The molecule has 1 saturated heterocycles. The number of imidazole rings is 1. The second-order valence-corrected chi connectivity index (χ2v) is 7.73. The van der Waals surface area contributed by atoms with Gasteiger partial charge in [-0.2, -0.15) is 0 Å². The number of thioether (sulfide) groups is 1. The third-order valence-electron chi connectivity index (χ3n) is 4.99. The van der Waals surface area contributed by atoms with Gasteiger partial charge < -0.3 is 14.4 Å². The van der Waals surface area contributed by atoms with Crippen LogP contribution in [0.2, 0.25) is 0 Å². The van der Waals surface area contributed by atoms with E-state index in [1.165, 1.54) is 5.69 Å². The smallest absolute Gasteiger partial charge is 0.233 e. The van der Waals surface area contributed by atoms with Crippen molar-refractivity contribution < 1.29 is 4.79 Å². The van der Waals surface area contributed by atoms with Gasteiger partial charge in [-0.3, -0.25) is 9.78 Å². The summed E-state index contributed by atoms with van der Waals surface area (Å²) in [5, 5.41) is 0.963. The van der Waals surface area contributed by atoms with Crippen molar-refractivity contribution in [3.05, 3.63) is 30.0 Å². The Balaban J connectivity index is 1.53. The molecule has 0 saturated carbocycles. The van der Waals surface area contributed by atoms with Gasteiger partial charge in [0.2, 0.25) is 5.91 Å². The van der Waals surface area contributed by atoms with Crippen LogP contribution in [-0.4, -0.2) is 62.3 Å². The van der Waals surface area contributed by atoms with Crippen LogP contribution in [-0.2, 0) is 11.3 Å². The highest BCUT2D eigenvalue weighted by Crippen LogP contribution is 2.22. The molecule has 0 bridgehead atoms. The van der Waals surface area contributed by atoms with Crippen molar-refractivity contribution >= 4 is 23.5 Å². The zero-order valence-corrected chi connectivity index (χ0v) is 17.2. The van der Waals surface area contributed by atoms with E-state index in [0.717, 1.165) is 62.2 Å². The summed E-state index contributed by atoms with van der Waals surface area (Å²) in [5.41, 5.74) is 2.26. The summed E-state index contributed by atoms with van der Waals surface area (Å²) < 4.78 is 2.25. The second kappa shape index (κ2) is 9.21. The first-order valence-corrected chi connectivity index (χ1v) is 10.5. The maximum absolute atomic E-state index is 12.7. The van der Waals surface area contributed by atoms with E-state index in [1.54, 1.807) is 30.4 Å². The van der Waals surface area contributed by atoms with Crippen LogP contribution in [0, 0.1) is 13.8 Å². The molecule has 0 spiro atoms. The Morgan fingerprint density at radius 2 is 1.96 bits per heavy atom. The molecular formula is C19H28N6OS. The van der Waals surface area contributed by atoms with Gasteiger partial charge in [-0.25, -0.2) is 9.97 Å². The quantitative estimate of drug-likeness (QED) is 0.679. The van der Waals surface area contributed by atoms with Crippen LogP contribution in [0.3, 0.4) is 0 Å². The predicted molar refractivity (Wildman–Crippen MR) is 108 cm³/mol. The molecule has 0 aromatic carbocycles. The number of carbonyl (C=O) groups excluding carboxylic acids is 1. The van der Waals surface area contributed by atoms with Crippen LogP contribution in [0.5, 0.6) is 0 Å². The molecule has 27 heavy (non-hydrogen) atoms. The third-order valence-corrected chi connectivity index (χ3v) is 5.95. The summed E-state index contributed by atoms with van der Waals surface area (Å²) in [5.74, 6) is 1.50. The number of hydrogen-bond donors (Lipinski definition) is 0. The van der Waals surface area contributed by atoms with E-state index in [4.69, 9.17) is 0 Å². The lowest BCUT2D eigenvalue weighted by Crippen LogP contribution is -2.49. The maximum atomic E-state index is 12.7. The molecular weight excluding hydrogens is 360 g/mol. The van der Waals surface area contributed by atoms with E-state index in [0.29, 0.717) is 5.75 Å². The Bertz CT molecular complexity index is 755. The third kappa shape index (κ3) is 4.80. The van der Waals surface area contributed by atoms with Gasteiger partial charge in [0.15, 0.2) is 5.16 Å². The van der Waals surface area contributed by atoms with Crippen molar-refractivity contribution in [3.8, 4) is 0 Å². The summed E-state index contributed by atoms with van der Waals surface area (Å²) in [4.78, 5) is 29.9. The van der Waals surface area contributed by atoms with Gasteiger partial charge in [0, 0.05) is 50.8 Å². The molecule has 2 aromatic rings. The lowest BCUT2D eigenvalue weighted by molar-refractivity contribution is -0.128. The summed E-state index contributed by atoms with van der Waals surface area (Å²) in [6.07, 6.45) is 7.43. The van der Waals surface area contributed by atoms with Crippen molar-refractivity contribution in [3.63, 3.8) is 0 Å².